The molecule has 1 fully saturated rings. The molecule has 1 rings (SSSR count). The third kappa shape index (κ3) is 4.52. The second-order valence-electron chi connectivity index (χ2n) is 5.27. The van der Waals surface area contributed by atoms with Crippen LogP contribution in [0.5, 0.6) is 0 Å². The van der Waals surface area contributed by atoms with Crippen LogP contribution in [0.15, 0.2) is 0 Å². The molecule has 1 N–H and O–H groups in total. The molecule has 0 radical (unpaired) electrons. The minimum atomic E-state index is 0.733. The number of hydrogen-bond acceptors (Lipinski definition) is 2. The Morgan fingerprint density at radius 1 is 1.33 bits per heavy atom. The van der Waals surface area contributed by atoms with Crippen molar-refractivity contribution in [3.63, 3.8) is 0 Å². The highest BCUT2D eigenvalue weighted by Gasteiger charge is 2.22. The first kappa shape index (κ1) is 13.0. The van der Waals surface area contributed by atoms with E-state index in [0.29, 0.717) is 0 Å². The summed E-state index contributed by atoms with van der Waals surface area (Å²) in [6.45, 7) is 9.46. The largest absolute Gasteiger partial charge is 0.310 e. The average Bonchev–Trinajstić information content (AvgIpc) is 2.62. The third-order valence-corrected chi connectivity index (χ3v) is 3.74. The summed E-state index contributed by atoms with van der Waals surface area (Å²) in [7, 11) is 2.22. The fraction of sp³-hybridized carbons (Fsp3) is 1.00. The predicted octanol–water partition coefficient (Wildman–Crippen LogP) is 2.49. The first-order valence-corrected chi connectivity index (χ1v) is 6.60. The quantitative estimate of drug-likeness (QED) is 0.728. The number of likely N-dealkylation sites (tertiary alicyclic amines) is 1. The van der Waals surface area contributed by atoms with Gasteiger partial charge in [0, 0.05) is 18.6 Å². The molecule has 2 heteroatoms. The fourth-order valence-corrected chi connectivity index (χ4v) is 2.41. The standard InChI is InChI=1S/C13H28N2/c1-5-11(3)9-12(6-2)14-13-7-8-15(4)10-13/h11-14H,5-10H2,1-4H3. The lowest BCUT2D eigenvalue weighted by Gasteiger charge is -2.24. The first-order chi connectivity index (χ1) is 7.15. The Morgan fingerprint density at radius 2 is 2.07 bits per heavy atom. The molecule has 0 spiro atoms. The minimum Gasteiger partial charge on any atom is -0.310 e. The summed E-state index contributed by atoms with van der Waals surface area (Å²) in [4.78, 5) is 2.42. The maximum Gasteiger partial charge on any atom is 0.0209 e. The molecule has 0 bridgehead atoms. The van der Waals surface area contributed by atoms with Gasteiger partial charge in [-0.1, -0.05) is 27.2 Å². The SMILES string of the molecule is CCC(C)CC(CC)NC1CCN(C)C1. The van der Waals surface area contributed by atoms with Gasteiger partial charge < -0.3 is 10.2 Å². The highest BCUT2D eigenvalue weighted by atomic mass is 15.2. The molecule has 1 heterocycles. The van der Waals surface area contributed by atoms with Gasteiger partial charge in [-0.05, 0) is 38.8 Å². The van der Waals surface area contributed by atoms with Gasteiger partial charge in [-0.15, -0.1) is 0 Å². The van der Waals surface area contributed by atoms with Crippen molar-refractivity contribution in [1.29, 1.82) is 0 Å². The first-order valence-electron chi connectivity index (χ1n) is 6.60. The van der Waals surface area contributed by atoms with Crippen molar-refractivity contribution in [2.45, 2.75) is 58.5 Å². The van der Waals surface area contributed by atoms with E-state index in [-0.39, 0.29) is 0 Å². The summed E-state index contributed by atoms with van der Waals surface area (Å²) in [5.74, 6) is 0.863. The Kier molecular flexibility index (Phi) is 5.62. The fourth-order valence-electron chi connectivity index (χ4n) is 2.41. The van der Waals surface area contributed by atoms with Gasteiger partial charge in [0.25, 0.3) is 0 Å². The molecule has 1 saturated heterocycles. The Hall–Kier alpha value is -0.0800. The van der Waals surface area contributed by atoms with E-state index in [1.165, 1.54) is 38.8 Å². The third-order valence-electron chi connectivity index (χ3n) is 3.74. The van der Waals surface area contributed by atoms with Gasteiger partial charge in [-0.3, -0.25) is 0 Å². The number of rotatable bonds is 6. The molecule has 0 amide bonds. The molecule has 1 aliphatic rings. The van der Waals surface area contributed by atoms with Crippen LogP contribution in [0, 0.1) is 5.92 Å². The predicted molar refractivity (Wildman–Crippen MR) is 67.2 cm³/mol. The molecule has 0 aliphatic carbocycles. The van der Waals surface area contributed by atoms with Crippen LogP contribution in [0.4, 0.5) is 0 Å². The zero-order chi connectivity index (χ0) is 11.3. The van der Waals surface area contributed by atoms with Crippen molar-refractivity contribution < 1.29 is 0 Å². The summed E-state index contributed by atoms with van der Waals surface area (Å²) in [5, 5.41) is 3.82. The van der Waals surface area contributed by atoms with E-state index < -0.39 is 0 Å². The Morgan fingerprint density at radius 3 is 2.53 bits per heavy atom. The van der Waals surface area contributed by atoms with E-state index in [2.05, 4.69) is 38.0 Å². The highest BCUT2D eigenvalue weighted by molar-refractivity contribution is 4.82. The van der Waals surface area contributed by atoms with Gasteiger partial charge >= 0.3 is 0 Å². The highest BCUT2D eigenvalue weighted by Crippen LogP contribution is 2.15. The minimum absolute atomic E-state index is 0.733. The van der Waals surface area contributed by atoms with Crippen LogP contribution in [0.25, 0.3) is 0 Å². The molecule has 0 aromatic rings. The monoisotopic (exact) mass is 212 g/mol. The lowest BCUT2D eigenvalue weighted by atomic mass is 9.97. The van der Waals surface area contributed by atoms with E-state index in [4.69, 9.17) is 0 Å². The van der Waals surface area contributed by atoms with E-state index in [1.807, 2.05) is 0 Å². The van der Waals surface area contributed by atoms with Crippen LogP contribution in [0.3, 0.4) is 0 Å². The number of nitrogens with zero attached hydrogens (tertiary/aromatic N) is 1. The van der Waals surface area contributed by atoms with Crippen molar-refractivity contribution in [1.82, 2.24) is 10.2 Å². The van der Waals surface area contributed by atoms with Crippen molar-refractivity contribution in [2.75, 3.05) is 20.1 Å². The zero-order valence-corrected chi connectivity index (χ0v) is 10.9. The van der Waals surface area contributed by atoms with E-state index in [0.717, 1.165) is 18.0 Å². The molecule has 15 heavy (non-hydrogen) atoms. The van der Waals surface area contributed by atoms with E-state index in [9.17, 15) is 0 Å². The van der Waals surface area contributed by atoms with Crippen LogP contribution in [0.2, 0.25) is 0 Å². The van der Waals surface area contributed by atoms with Crippen molar-refractivity contribution >= 4 is 0 Å². The normalized spacial score (nSPS) is 26.8. The molecule has 90 valence electrons. The van der Waals surface area contributed by atoms with Crippen LogP contribution in [-0.4, -0.2) is 37.1 Å². The van der Waals surface area contributed by atoms with Gasteiger partial charge in [0.1, 0.15) is 0 Å². The maximum atomic E-state index is 3.82. The smallest absolute Gasteiger partial charge is 0.0209 e. The number of hydrogen-bond donors (Lipinski definition) is 1. The molecule has 3 atom stereocenters. The summed E-state index contributed by atoms with van der Waals surface area (Å²) < 4.78 is 0. The van der Waals surface area contributed by atoms with Crippen molar-refractivity contribution in [3.8, 4) is 0 Å². The molecule has 0 saturated carbocycles. The topological polar surface area (TPSA) is 15.3 Å². The molecule has 1 aliphatic heterocycles. The zero-order valence-electron chi connectivity index (χ0n) is 10.9. The second kappa shape index (κ2) is 6.49. The lowest BCUT2D eigenvalue weighted by molar-refractivity contribution is 0.337. The van der Waals surface area contributed by atoms with E-state index in [1.54, 1.807) is 0 Å². The van der Waals surface area contributed by atoms with Gasteiger partial charge in [0.2, 0.25) is 0 Å². The Balaban J connectivity index is 2.27. The average molecular weight is 212 g/mol. The summed E-state index contributed by atoms with van der Waals surface area (Å²) in [5.41, 5.74) is 0. The molecule has 0 aromatic carbocycles. The molecule has 0 aromatic heterocycles. The Labute approximate surface area is 95.4 Å². The van der Waals surface area contributed by atoms with Crippen LogP contribution in [0.1, 0.15) is 46.5 Å². The summed E-state index contributed by atoms with van der Waals surface area (Å²) in [6.07, 6.45) is 5.24. The van der Waals surface area contributed by atoms with Gasteiger partial charge in [0.15, 0.2) is 0 Å². The van der Waals surface area contributed by atoms with Crippen LogP contribution < -0.4 is 5.32 Å². The van der Waals surface area contributed by atoms with E-state index >= 15 is 0 Å². The van der Waals surface area contributed by atoms with Gasteiger partial charge in [-0.25, -0.2) is 0 Å². The van der Waals surface area contributed by atoms with Crippen molar-refractivity contribution in [2.24, 2.45) is 5.92 Å². The maximum absolute atomic E-state index is 3.82. The number of nitrogens with one attached hydrogen (secondary N) is 1. The molecular formula is C13H28N2. The van der Waals surface area contributed by atoms with Crippen LogP contribution >= 0.6 is 0 Å². The van der Waals surface area contributed by atoms with Gasteiger partial charge in [0.05, 0.1) is 0 Å². The summed E-state index contributed by atoms with van der Waals surface area (Å²) in [6, 6.07) is 1.47. The lowest BCUT2D eigenvalue weighted by Crippen LogP contribution is -2.40. The van der Waals surface area contributed by atoms with Crippen LogP contribution in [-0.2, 0) is 0 Å². The van der Waals surface area contributed by atoms with Crippen molar-refractivity contribution in [3.05, 3.63) is 0 Å². The summed E-state index contributed by atoms with van der Waals surface area (Å²) >= 11 is 0. The second-order valence-corrected chi connectivity index (χ2v) is 5.27. The Bertz CT molecular complexity index is 170. The molecular weight excluding hydrogens is 184 g/mol. The molecule has 2 nitrogen and oxygen atoms in total. The molecule has 3 unspecified atom stereocenters. The number of likely N-dealkylation sites (N-methyl/N-ethyl adjacent to an activating group) is 1. The van der Waals surface area contributed by atoms with Gasteiger partial charge in [-0.2, -0.15) is 0 Å².